The number of nitro benzene ring substituents is 1. The van der Waals surface area contributed by atoms with Crippen molar-refractivity contribution in [1.29, 1.82) is 0 Å². The van der Waals surface area contributed by atoms with Gasteiger partial charge in [-0.2, -0.15) is 0 Å². The fourth-order valence-corrected chi connectivity index (χ4v) is 2.64. The highest BCUT2D eigenvalue weighted by molar-refractivity contribution is 6.02. The summed E-state index contributed by atoms with van der Waals surface area (Å²) >= 11 is 0. The van der Waals surface area contributed by atoms with Gasteiger partial charge in [-0.15, -0.1) is 0 Å². The van der Waals surface area contributed by atoms with Crippen LogP contribution in [0.2, 0.25) is 0 Å². The van der Waals surface area contributed by atoms with E-state index in [1.165, 1.54) is 25.1 Å². The molecule has 3 N–H and O–H groups in total. The van der Waals surface area contributed by atoms with Crippen LogP contribution in [0, 0.1) is 10.1 Å². The van der Waals surface area contributed by atoms with Crippen molar-refractivity contribution in [2.24, 2.45) is 0 Å². The molecule has 0 fully saturated rings. The number of nitrogens with one attached hydrogen (secondary N) is 3. The number of carbonyl (C=O) groups is 3. The summed E-state index contributed by atoms with van der Waals surface area (Å²) in [6.45, 7) is 3.11. The van der Waals surface area contributed by atoms with E-state index in [9.17, 15) is 24.5 Å². The Bertz CT molecular complexity index is 1010. The quantitative estimate of drug-likeness (QED) is 0.520. The fourth-order valence-electron chi connectivity index (χ4n) is 2.64. The molecular weight excluding hydrogens is 380 g/mol. The van der Waals surface area contributed by atoms with E-state index in [-0.39, 0.29) is 17.2 Å². The van der Waals surface area contributed by atoms with Gasteiger partial charge in [0.25, 0.3) is 17.5 Å². The summed E-state index contributed by atoms with van der Waals surface area (Å²) < 4.78 is 5.45. The molecule has 2 aromatic carbocycles. The first-order valence-corrected chi connectivity index (χ1v) is 8.72. The number of anilines is 2. The first-order chi connectivity index (χ1) is 13.7. The van der Waals surface area contributed by atoms with Gasteiger partial charge in [-0.1, -0.05) is 6.07 Å². The van der Waals surface area contributed by atoms with Crippen molar-refractivity contribution in [3.8, 4) is 5.75 Å². The largest absolute Gasteiger partial charge is 0.479 e. The zero-order valence-electron chi connectivity index (χ0n) is 15.6. The lowest BCUT2D eigenvalue weighted by atomic mass is 10.1. The molecular formula is C19H18N4O6. The molecule has 29 heavy (non-hydrogen) atoms. The summed E-state index contributed by atoms with van der Waals surface area (Å²) in [5.74, 6) is -0.919. The van der Waals surface area contributed by atoms with Crippen LogP contribution in [0.25, 0.3) is 0 Å². The Morgan fingerprint density at radius 2 is 2.00 bits per heavy atom. The van der Waals surface area contributed by atoms with Crippen LogP contribution >= 0.6 is 0 Å². The van der Waals surface area contributed by atoms with Crippen LogP contribution in [0.15, 0.2) is 42.5 Å². The molecule has 0 aliphatic carbocycles. The number of ether oxygens (including phenoxy) is 1. The highest BCUT2D eigenvalue weighted by Crippen LogP contribution is 2.32. The second kappa shape index (κ2) is 7.97. The molecule has 10 heteroatoms. The molecule has 0 unspecified atom stereocenters. The third kappa shape index (κ3) is 4.49. The normalized spacial score (nSPS) is 15.9. The molecule has 0 saturated carbocycles. The van der Waals surface area contributed by atoms with E-state index >= 15 is 0 Å². The zero-order chi connectivity index (χ0) is 21.1. The zero-order valence-corrected chi connectivity index (χ0v) is 15.6. The first kappa shape index (κ1) is 19.8. The van der Waals surface area contributed by atoms with Gasteiger partial charge in [0.15, 0.2) is 6.10 Å². The molecule has 0 spiro atoms. The van der Waals surface area contributed by atoms with Crippen LogP contribution in [0.4, 0.5) is 17.1 Å². The summed E-state index contributed by atoms with van der Waals surface area (Å²) in [5, 5.41) is 18.6. The molecule has 1 heterocycles. The summed E-state index contributed by atoms with van der Waals surface area (Å²) in [4.78, 5) is 46.6. The number of rotatable bonds is 5. The first-order valence-electron chi connectivity index (χ1n) is 8.72. The smallest absolute Gasteiger partial charge is 0.270 e. The SMILES string of the molecule is C[C@H](NC(=O)c1cccc([N+](=O)[O-])c1)C(=O)Nc1ccc2c(c1)NC(=O)[C@@H](C)O2. The van der Waals surface area contributed by atoms with Crippen molar-refractivity contribution in [2.45, 2.75) is 26.0 Å². The van der Waals surface area contributed by atoms with Crippen molar-refractivity contribution in [1.82, 2.24) is 5.32 Å². The Hall–Kier alpha value is -3.95. The summed E-state index contributed by atoms with van der Waals surface area (Å²) in [6.07, 6.45) is -0.605. The van der Waals surface area contributed by atoms with Gasteiger partial charge in [0.2, 0.25) is 5.91 Å². The Balaban J connectivity index is 1.64. The predicted molar refractivity (Wildman–Crippen MR) is 104 cm³/mol. The topological polar surface area (TPSA) is 140 Å². The summed E-state index contributed by atoms with van der Waals surface area (Å²) in [7, 11) is 0. The Morgan fingerprint density at radius 3 is 2.72 bits per heavy atom. The molecule has 3 rings (SSSR count). The number of nitrogens with zero attached hydrogens (tertiary/aromatic N) is 1. The van der Waals surface area contributed by atoms with Gasteiger partial charge in [0, 0.05) is 23.4 Å². The minimum atomic E-state index is -0.913. The summed E-state index contributed by atoms with van der Waals surface area (Å²) in [5.41, 5.74) is 0.687. The third-order valence-electron chi connectivity index (χ3n) is 4.24. The van der Waals surface area contributed by atoms with Gasteiger partial charge >= 0.3 is 0 Å². The molecule has 1 aliphatic rings. The number of amides is 3. The van der Waals surface area contributed by atoms with Gasteiger partial charge in [-0.25, -0.2) is 0 Å². The van der Waals surface area contributed by atoms with E-state index in [0.29, 0.717) is 17.1 Å². The monoisotopic (exact) mass is 398 g/mol. The van der Waals surface area contributed by atoms with Gasteiger partial charge < -0.3 is 20.7 Å². The Labute approximate surface area is 165 Å². The van der Waals surface area contributed by atoms with Crippen molar-refractivity contribution >= 4 is 34.8 Å². The van der Waals surface area contributed by atoms with Crippen LogP contribution < -0.4 is 20.7 Å². The van der Waals surface area contributed by atoms with Crippen LogP contribution in [-0.4, -0.2) is 34.8 Å². The van der Waals surface area contributed by atoms with Crippen molar-refractivity contribution in [3.63, 3.8) is 0 Å². The van der Waals surface area contributed by atoms with Crippen LogP contribution in [0.5, 0.6) is 5.75 Å². The number of non-ortho nitro benzene ring substituents is 1. The molecule has 0 bridgehead atoms. The van der Waals surface area contributed by atoms with Gasteiger partial charge in [-0.3, -0.25) is 24.5 Å². The lowest BCUT2D eigenvalue weighted by Gasteiger charge is -2.24. The second-order valence-corrected chi connectivity index (χ2v) is 6.45. The standard InChI is InChI=1S/C19H18N4O6/c1-10(20-19(26)12-4-3-5-14(8-12)23(27)28)17(24)21-13-6-7-16-15(9-13)22-18(25)11(2)29-16/h3-11H,1-2H3,(H,20,26)(H,21,24)(H,22,25)/t10-,11+/m0/s1. The van der Waals surface area contributed by atoms with E-state index in [2.05, 4.69) is 16.0 Å². The van der Waals surface area contributed by atoms with E-state index in [1.807, 2.05) is 0 Å². The maximum absolute atomic E-state index is 12.4. The average Bonchev–Trinajstić information content (AvgIpc) is 2.69. The third-order valence-corrected chi connectivity index (χ3v) is 4.24. The van der Waals surface area contributed by atoms with E-state index < -0.39 is 28.9 Å². The maximum atomic E-state index is 12.4. The number of hydrogen-bond acceptors (Lipinski definition) is 6. The van der Waals surface area contributed by atoms with Crippen LogP contribution in [0.1, 0.15) is 24.2 Å². The van der Waals surface area contributed by atoms with Crippen LogP contribution in [0.3, 0.4) is 0 Å². The molecule has 2 atom stereocenters. The van der Waals surface area contributed by atoms with Gasteiger partial charge in [0.05, 0.1) is 10.6 Å². The molecule has 10 nitrogen and oxygen atoms in total. The van der Waals surface area contributed by atoms with Crippen molar-refractivity contribution < 1.29 is 24.0 Å². The lowest BCUT2D eigenvalue weighted by molar-refractivity contribution is -0.384. The minimum Gasteiger partial charge on any atom is -0.479 e. The van der Waals surface area contributed by atoms with E-state index in [4.69, 9.17) is 4.74 Å². The van der Waals surface area contributed by atoms with Crippen molar-refractivity contribution in [2.75, 3.05) is 10.6 Å². The molecule has 0 radical (unpaired) electrons. The molecule has 2 aromatic rings. The maximum Gasteiger partial charge on any atom is 0.270 e. The number of fused-ring (bicyclic) bond motifs is 1. The lowest BCUT2D eigenvalue weighted by Crippen LogP contribution is -2.41. The Morgan fingerprint density at radius 1 is 1.24 bits per heavy atom. The number of nitro groups is 1. The van der Waals surface area contributed by atoms with Gasteiger partial charge in [0.1, 0.15) is 11.8 Å². The fraction of sp³-hybridized carbons (Fsp3) is 0.211. The van der Waals surface area contributed by atoms with Crippen LogP contribution in [-0.2, 0) is 9.59 Å². The highest BCUT2D eigenvalue weighted by atomic mass is 16.6. The molecule has 1 aliphatic heterocycles. The number of hydrogen-bond donors (Lipinski definition) is 3. The number of benzene rings is 2. The molecule has 3 amide bonds. The highest BCUT2D eigenvalue weighted by Gasteiger charge is 2.24. The molecule has 0 saturated heterocycles. The van der Waals surface area contributed by atoms with E-state index in [1.54, 1.807) is 25.1 Å². The van der Waals surface area contributed by atoms with E-state index in [0.717, 1.165) is 6.07 Å². The summed E-state index contributed by atoms with van der Waals surface area (Å²) in [6, 6.07) is 9.07. The minimum absolute atomic E-state index is 0.0709. The molecule has 150 valence electrons. The van der Waals surface area contributed by atoms with Gasteiger partial charge in [-0.05, 0) is 38.1 Å². The second-order valence-electron chi connectivity index (χ2n) is 6.45. The molecule has 0 aromatic heterocycles. The Kier molecular flexibility index (Phi) is 5.44. The average molecular weight is 398 g/mol. The van der Waals surface area contributed by atoms with Crippen molar-refractivity contribution in [3.05, 3.63) is 58.1 Å². The predicted octanol–water partition coefficient (Wildman–Crippen LogP) is 2.07. The number of carbonyl (C=O) groups excluding carboxylic acids is 3.